The van der Waals surface area contributed by atoms with Crippen LogP contribution in [0.25, 0.3) is 0 Å². The van der Waals surface area contributed by atoms with Crippen LogP contribution in [0.5, 0.6) is 0 Å². The van der Waals surface area contributed by atoms with Gasteiger partial charge in [-0.2, -0.15) is 0 Å². The zero-order valence-corrected chi connectivity index (χ0v) is 24.4. The summed E-state index contributed by atoms with van der Waals surface area (Å²) in [6.45, 7) is 1.07. The van der Waals surface area contributed by atoms with Crippen LogP contribution in [0.3, 0.4) is 0 Å². The van der Waals surface area contributed by atoms with Crippen molar-refractivity contribution in [3.05, 3.63) is 0 Å². The molecule has 9 unspecified atom stereocenters. The van der Waals surface area contributed by atoms with Gasteiger partial charge in [-0.25, -0.2) is 0 Å². The van der Waals surface area contributed by atoms with Crippen LogP contribution in [-0.4, -0.2) is 169 Å². The quantitative estimate of drug-likeness (QED) is 0.123. The third-order valence-electron chi connectivity index (χ3n) is 10.1. The molecule has 5 fully saturated rings. The Morgan fingerprint density at radius 2 is 1.40 bits per heavy atom. The van der Waals surface area contributed by atoms with Gasteiger partial charge in [-0.15, -0.1) is 0 Å². The van der Waals surface area contributed by atoms with Gasteiger partial charge in [0, 0.05) is 25.9 Å². The van der Waals surface area contributed by atoms with Crippen molar-refractivity contribution < 1.29 is 74.4 Å². The van der Waals surface area contributed by atoms with Crippen molar-refractivity contribution in [1.29, 1.82) is 0 Å². The number of ether oxygens (including phenoxy) is 6. The van der Waals surface area contributed by atoms with Crippen LogP contribution >= 0.6 is 0 Å². The Morgan fingerprint density at radius 1 is 0.698 bits per heavy atom. The van der Waals surface area contributed by atoms with Gasteiger partial charge in [-0.05, 0) is 32.6 Å². The van der Waals surface area contributed by atoms with Crippen molar-refractivity contribution in [3.8, 4) is 0 Å². The van der Waals surface area contributed by atoms with Crippen LogP contribution in [0.1, 0.15) is 45.4 Å². The summed E-state index contributed by atoms with van der Waals surface area (Å²) in [4.78, 5) is 0. The standard InChI is InChI=1S/C28H48O15/c1-10-20(32)22(34)24(36)27(40-10)39-9-19-21(33)23(35)25(37)28(43-19)42-18-8-13-15(30)6-12(38-2)7-17(13)41-26(18)11-3-4-14(29)16(31)5-11/h10-37H,3-9H2,1-2H3/p+1/t10-,11?,12?,13?,14?,15?,16?,17?,18?,19+,20-,21-,22+,23-,24+,25+,26?,27+,28+/m0/s1. The number of hydrogen-bond acceptors (Lipinski definition) is 14. The molecular weight excluding hydrogens is 576 g/mol. The fraction of sp³-hybridized carbons (Fsp3) is 1.00. The maximum Gasteiger partial charge on any atom is 0.187 e. The first-order valence-electron chi connectivity index (χ1n) is 15.3. The predicted octanol–water partition coefficient (Wildman–Crippen LogP) is -4.00. The van der Waals surface area contributed by atoms with E-state index in [-0.39, 0.29) is 30.5 Å². The largest absolute Gasteiger partial charge is 0.427 e. The topological polar surface area (TPSA) is 241 Å². The Balaban J connectivity index is 1.29. The average molecular weight is 626 g/mol. The molecule has 15 nitrogen and oxygen atoms in total. The van der Waals surface area contributed by atoms with Gasteiger partial charge in [-0.1, -0.05) is 0 Å². The molecule has 0 aromatic heterocycles. The summed E-state index contributed by atoms with van der Waals surface area (Å²) in [5.41, 5.74) is 0. The van der Waals surface area contributed by atoms with E-state index in [1.807, 2.05) is 0 Å². The minimum Gasteiger partial charge on any atom is -0.427 e. The summed E-state index contributed by atoms with van der Waals surface area (Å²) in [6.07, 6.45) is -15.6. The zero-order chi connectivity index (χ0) is 31.2. The molecule has 43 heavy (non-hydrogen) atoms. The maximum atomic E-state index is 10.9. The van der Waals surface area contributed by atoms with E-state index in [9.17, 15) is 46.0 Å². The van der Waals surface area contributed by atoms with E-state index in [1.165, 1.54) is 6.92 Å². The summed E-state index contributed by atoms with van der Waals surface area (Å²) in [5.74, 6) is -0.413. The molecule has 0 spiro atoms. The SMILES string of the molecule is COC1CC(O)C2CC(O[C@@H]3O[C@H](CO[C@@H]4O[C@@H](C)[C@H](O)[C@@H](O)[C@H]4O)[C@H](O)[C@H](O)[C@H]3O)C(C3CCC(O)C(O)C3)[OH+]C2C1. The molecule has 3 heterocycles. The molecule has 19 atom stereocenters. The van der Waals surface area contributed by atoms with Crippen LogP contribution in [0.4, 0.5) is 0 Å². The van der Waals surface area contributed by atoms with Gasteiger partial charge in [-0.3, -0.25) is 0 Å². The number of fused-ring (bicyclic) bond motifs is 1. The molecule has 3 saturated heterocycles. The Morgan fingerprint density at radius 3 is 2.09 bits per heavy atom. The van der Waals surface area contributed by atoms with Gasteiger partial charge >= 0.3 is 0 Å². The molecule has 2 saturated carbocycles. The van der Waals surface area contributed by atoms with Crippen molar-refractivity contribution in [1.82, 2.24) is 0 Å². The lowest BCUT2D eigenvalue weighted by molar-refractivity contribution is -0.362. The molecule has 2 aliphatic carbocycles. The third kappa shape index (κ3) is 7.06. The van der Waals surface area contributed by atoms with Crippen molar-refractivity contribution in [2.24, 2.45) is 11.8 Å². The smallest absolute Gasteiger partial charge is 0.187 e. The molecule has 3 aliphatic heterocycles. The van der Waals surface area contributed by atoms with Gasteiger partial charge in [0.05, 0.1) is 43.0 Å². The summed E-state index contributed by atoms with van der Waals surface area (Å²) in [5, 5.41) is 93.9. The summed E-state index contributed by atoms with van der Waals surface area (Å²) in [7, 11) is 1.59. The lowest BCUT2D eigenvalue weighted by Gasteiger charge is -2.48. The van der Waals surface area contributed by atoms with E-state index >= 15 is 0 Å². The second kappa shape index (κ2) is 14.0. The van der Waals surface area contributed by atoms with Crippen molar-refractivity contribution in [2.45, 2.75) is 150 Å². The van der Waals surface area contributed by atoms with Gasteiger partial charge < -0.3 is 74.4 Å². The van der Waals surface area contributed by atoms with Gasteiger partial charge in [0.15, 0.2) is 24.8 Å². The molecule has 250 valence electrons. The maximum absolute atomic E-state index is 10.9. The van der Waals surface area contributed by atoms with Crippen LogP contribution in [-0.2, 0) is 23.7 Å². The molecule has 0 radical (unpaired) electrons. The monoisotopic (exact) mass is 625 g/mol. The van der Waals surface area contributed by atoms with Gasteiger partial charge in [0.2, 0.25) is 0 Å². The van der Waals surface area contributed by atoms with E-state index in [0.717, 1.165) is 0 Å². The number of aliphatic hydroxyl groups is 11. The molecule has 10 N–H and O–H groups in total. The Kier molecular flexibility index (Phi) is 11.0. The lowest BCUT2D eigenvalue weighted by atomic mass is 9.72. The summed E-state index contributed by atoms with van der Waals surface area (Å²) >= 11 is 0. The Bertz CT molecular complexity index is 898. The Labute approximate surface area is 249 Å². The van der Waals surface area contributed by atoms with Crippen molar-refractivity contribution >= 4 is 0 Å². The van der Waals surface area contributed by atoms with Gasteiger partial charge in [0.1, 0.15) is 48.8 Å². The van der Waals surface area contributed by atoms with Crippen LogP contribution in [0.15, 0.2) is 0 Å². The first-order valence-corrected chi connectivity index (χ1v) is 15.3. The highest BCUT2D eigenvalue weighted by molar-refractivity contribution is 4.98. The molecule has 0 amide bonds. The van der Waals surface area contributed by atoms with Crippen LogP contribution < -0.4 is 0 Å². The molecule has 0 aromatic carbocycles. The molecule has 5 rings (SSSR count). The van der Waals surface area contributed by atoms with Crippen LogP contribution in [0, 0.1) is 11.8 Å². The summed E-state index contributed by atoms with van der Waals surface area (Å²) < 4.78 is 33.8. The van der Waals surface area contributed by atoms with E-state index in [4.69, 9.17) is 28.4 Å². The highest BCUT2D eigenvalue weighted by atomic mass is 16.7. The lowest BCUT2D eigenvalue weighted by Crippen LogP contribution is -2.63. The molecular formula is C28H49O15+. The minimum atomic E-state index is -1.68. The normalized spacial score (nSPS) is 54.6. The second-order valence-electron chi connectivity index (χ2n) is 12.9. The minimum absolute atomic E-state index is 0.156. The van der Waals surface area contributed by atoms with E-state index in [1.54, 1.807) is 7.11 Å². The fourth-order valence-corrected chi connectivity index (χ4v) is 7.36. The highest BCUT2D eigenvalue weighted by Gasteiger charge is 2.55. The zero-order valence-electron chi connectivity index (χ0n) is 24.4. The van der Waals surface area contributed by atoms with E-state index < -0.39 is 98.5 Å². The molecule has 0 aromatic rings. The number of hydrogen-bond donors (Lipinski definition) is 9. The van der Waals surface area contributed by atoms with Crippen molar-refractivity contribution in [3.63, 3.8) is 0 Å². The van der Waals surface area contributed by atoms with E-state index in [0.29, 0.717) is 32.1 Å². The Hall–Kier alpha value is -0.600. The predicted molar refractivity (Wildman–Crippen MR) is 143 cm³/mol. The third-order valence-corrected chi connectivity index (χ3v) is 10.1. The second-order valence-corrected chi connectivity index (χ2v) is 12.9. The molecule has 15 heteroatoms. The first kappa shape index (κ1) is 33.8. The van der Waals surface area contributed by atoms with Gasteiger partial charge in [0.25, 0.3) is 0 Å². The van der Waals surface area contributed by atoms with Crippen LogP contribution in [0.2, 0.25) is 0 Å². The summed E-state index contributed by atoms with van der Waals surface area (Å²) in [6, 6.07) is 0. The molecule has 0 bridgehead atoms. The number of methoxy groups -OCH3 is 1. The molecule has 5 aliphatic rings. The number of aliphatic hydroxyl groups excluding tert-OH is 9. The number of rotatable bonds is 7. The fourth-order valence-electron chi connectivity index (χ4n) is 7.36. The van der Waals surface area contributed by atoms with Crippen molar-refractivity contribution in [2.75, 3.05) is 13.7 Å². The van der Waals surface area contributed by atoms with E-state index in [2.05, 4.69) is 0 Å². The highest BCUT2D eigenvalue weighted by Crippen LogP contribution is 2.42. The first-order chi connectivity index (χ1) is 20.4. The average Bonchev–Trinajstić information content (AvgIpc) is 2.99.